The Hall–Kier alpha value is -1.97. The van der Waals surface area contributed by atoms with Crippen molar-refractivity contribution in [2.45, 2.75) is 32.1 Å². The maximum Gasteiger partial charge on any atom is 0.229 e. The summed E-state index contributed by atoms with van der Waals surface area (Å²) in [4.78, 5) is 22.8. The fraction of sp³-hybridized carbons (Fsp3) is 0.438. The maximum atomic E-state index is 12.5. The summed E-state index contributed by atoms with van der Waals surface area (Å²) < 4.78 is 0. The van der Waals surface area contributed by atoms with Gasteiger partial charge in [-0.1, -0.05) is 19.3 Å². The lowest BCUT2D eigenvalue weighted by molar-refractivity contribution is -0.123. The Morgan fingerprint density at radius 1 is 1.10 bits per heavy atom. The van der Waals surface area contributed by atoms with Crippen LogP contribution in [-0.2, 0) is 4.79 Å². The van der Waals surface area contributed by atoms with Crippen LogP contribution in [0.2, 0.25) is 0 Å². The van der Waals surface area contributed by atoms with Crippen molar-refractivity contribution >= 4 is 22.6 Å². The SMILES string of the molecule is CN(C(=O)C1CCCCC1)c1ccc2nccnc2c1. The number of carbonyl (C=O) groups is 1. The summed E-state index contributed by atoms with van der Waals surface area (Å²) in [5, 5.41) is 0. The lowest BCUT2D eigenvalue weighted by Crippen LogP contribution is -2.33. The molecule has 1 fully saturated rings. The topological polar surface area (TPSA) is 46.1 Å². The summed E-state index contributed by atoms with van der Waals surface area (Å²) >= 11 is 0. The number of nitrogens with zero attached hydrogens (tertiary/aromatic N) is 3. The van der Waals surface area contributed by atoms with Crippen LogP contribution in [0.5, 0.6) is 0 Å². The fourth-order valence-corrected chi connectivity index (χ4v) is 2.91. The number of anilines is 1. The van der Waals surface area contributed by atoms with Crippen molar-refractivity contribution in [3.63, 3.8) is 0 Å². The number of amides is 1. The van der Waals surface area contributed by atoms with Crippen LogP contribution in [0.3, 0.4) is 0 Å². The van der Waals surface area contributed by atoms with Gasteiger partial charge in [-0.25, -0.2) is 0 Å². The van der Waals surface area contributed by atoms with E-state index in [0.29, 0.717) is 0 Å². The Bertz CT molecular complexity index is 620. The summed E-state index contributed by atoms with van der Waals surface area (Å²) in [6.45, 7) is 0. The van der Waals surface area contributed by atoms with Gasteiger partial charge in [-0.05, 0) is 31.0 Å². The Balaban J connectivity index is 1.83. The van der Waals surface area contributed by atoms with E-state index in [-0.39, 0.29) is 11.8 Å². The molecule has 20 heavy (non-hydrogen) atoms. The molecular formula is C16H19N3O. The van der Waals surface area contributed by atoms with Gasteiger partial charge >= 0.3 is 0 Å². The molecule has 0 unspecified atom stereocenters. The molecule has 1 saturated carbocycles. The highest BCUT2D eigenvalue weighted by molar-refractivity contribution is 5.96. The van der Waals surface area contributed by atoms with Crippen LogP contribution < -0.4 is 4.90 Å². The molecule has 1 aromatic carbocycles. The minimum atomic E-state index is 0.186. The number of carbonyl (C=O) groups excluding carboxylic acids is 1. The van der Waals surface area contributed by atoms with Crippen molar-refractivity contribution in [1.82, 2.24) is 9.97 Å². The second kappa shape index (κ2) is 5.57. The van der Waals surface area contributed by atoms with E-state index < -0.39 is 0 Å². The number of benzene rings is 1. The van der Waals surface area contributed by atoms with Gasteiger partial charge in [0.2, 0.25) is 5.91 Å². The molecule has 2 aromatic rings. The van der Waals surface area contributed by atoms with Crippen molar-refractivity contribution in [2.75, 3.05) is 11.9 Å². The zero-order valence-electron chi connectivity index (χ0n) is 11.7. The summed E-state index contributed by atoms with van der Waals surface area (Å²) in [5.41, 5.74) is 2.58. The molecule has 1 amide bonds. The van der Waals surface area contributed by atoms with Gasteiger partial charge in [0.25, 0.3) is 0 Å². The second-order valence-electron chi connectivity index (χ2n) is 5.46. The molecule has 0 saturated heterocycles. The number of rotatable bonds is 2. The molecule has 0 bridgehead atoms. The molecule has 1 aliphatic carbocycles. The van der Waals surface area contributed by atoms with Crippen molar-refractivity contribution in [1.29, 1.82) is 0 Å². The normalized spacial score (nSPS) is 16.2. The molecule has 0 aliphatic heterocycles. The third-order valence-corrected chi connectivity index (χ3v) is 4.13. The first kappa shape index (κ1) is 13.0. The van der Waals surface area contributed by atoms with E-state index in [0.717, 1.165) is 29.6 Å². The van der Waals surface area contributed by atoms with Gasteiger partial charge in [0.1, 0.15) is 0 Å². The van der Waals surface area contributed by atoms with E-state index in [9.17, 15) is 4.79 Å². The van der Waals surface area contributed by atoms with Crippen LogP contribution in [0.1, 0.15) is 32.1 Å². The Kier molecular flexibility index (Phi) is 3.63. The highest BCUT2D eigenvalue weighted by Crippen LogP contribution is 2.27. The summed E-state index contributed by atoms with van der Waals surface area (Å²) in [5.74, 6) is 0.416. The zero-order valence-corrected chi connectivity index (χ0v) is 11.7. The largest absolute Gasteiger partial charge is 0.315 e. The average Bonchev–Trinajstić information content (AvgIpc) is 2.54. The first-order chi connectivity index (χ1) is 9.75. The molecule has 0 radical (unpaired) electrons. The van der Waals surface area contributed by atoms with Crippen LogP contribution in [0, 0.1) is 5.92 Å². The first-order valence-electron chi connectivity index (χ1n) is 7.24. The summed E-state index contributed by atoms with van der Waals surface area (Å²) in [6, 6.07) is 5.79. The second-order valence-corrected chi connectivity index (χ2v) is 5.46. The fourth-order valence-electron chi connectivity index (χ4n) is 2.91. The van der Waals surface area contributed by atoms with E-state index >= 15 is 0 Å². The molecule has 1 aliphatic rings. The molecule has 0 spiro atoms. The molecule has 0 atom stereocenters. The van der Waals surface area contributed by atoms with Crippen LogP contribution in [0.15, 0.2) is 30.6 Å². The minimum Gasteiger partial charge on any atom is -0.315 e. The first-order valence-corrected chi connectivity index (χ1v) is 7.24. The van der Waals surface area contributed by atoms with Crippen LogP contribution in [-0.4, -0.2) is 22.9 Å². The smallest absolute Gasteiger partial charge is 0.229 e. The number of hydrogen-bond donors (Lipinski definition) is 0. The number of aromatic nitrogens is 2. The molecule has 0 N–H and O–H groups in total. The van der Waals surface area contributed by atoms with Crippen molar-refractivity contribution in [3.05, 3.63) is 30.6 Å². The number of hydrogen-bond acceptors (Lipinski definition) is 3. The Labute approximate surface area is 118 Å². The van der Waals surface area contributed by atoms with Crippen molar-refractivity contribution in [2.24, 2.45) is 5.92 Å². The molecular weight excluding hydrogens is 250 g/mol. The van der Waals surface area contributed by atoms with E-state index in [1.165, 1.54) is 19.3 Å². The van der Waals surface area contributed by atoms with Gasteiger partial charge in [-0.3, -0.25) is 14.8 Å². The highest BCUT2D eigenvalue weighted by Gasteiger charge is 2.24. The highest BCUT2D eigenvalue weighted by atomic mass is 16.2. The monoisotopic (exact) mass is 269 g/mol. The predicted molar refractivity (Wildman–Crippen MR) is 79.5 cm³/mol. The van der Waals surface area contributed by atoms with Crippen LogP contribution >= 0.6 is 0 Å². The molecule has 4 heteroatoms. The quantitative estimate of drug-likeness (QED) is 0.841. The average molecular weight is 269 g/mol. The lowest BCUT2D eigenvalue weighted by Gasteiger charge is -2.26. The Morgan fingerprint density at radius 3 is 2.55 bits per heavy atom. The van der Waals surface area contributed by atoms with Gasteiger partial charge < -0.3 is 4.90 Å². The molecule has 1 heterocycles. The summed E-state index contributed by atoms with van der Waals surface area (Å²) in [6.07, 6.45) is 9.01. The standard InChI is InChI=1S/C16H19N3O/c1-19(16(20)12-5-3-2-4-6-12)13-7-8-14-15(11-13)18-10-9-17-14/h7-12H,2-6H2,1H3. The van der Waals surface area contributed by atoms with Crippen molar-refractivity contribution in [3.8, 4) is 0 Å². The molecule has 104 valence electrons. The van der Waals surface area contributed by atoms with Gasteiger partial charge in [0.15, 0.2) is 0 Å². The maximum absolute atomic E-state index is 12.5. The van der Waals surface area contributed by atoms with E-state index in [4.69, 9.17) is 0 Å². The van der Waals surface area contributed by atoms with E-state index in [1.54, 1.807) is 17.3 Å². The minimum absolute atomic E-state index is 0.186. The predicted octanol–water partition coefficient (Wildman–Crippen LogP) is 3.17. The lowest BCUT2D eigenvalue weighted by atomic mass is 9.88. The van der Waals surface area contributed by atoms with Gasteiger partial charge in [0, 0.05) is 31.0 Å². The third-order valence-electron chi connectivity index (χ3n) is 4.13. The van der Waals surface area contributed by atoms with Gasteiger partial charge in [-0.15, -0.1) is 0 Å². The van der Waals surface area contributed by atoms with Gasteiger partial charge in [-0.2, -0.15) is 0 Å². The third kappa shape index (κ3) is 2.50. The van der Waals surface area contributed by atoms with Gasteiger partial charge in [0.05, 0.1) is 11.0 Å². The Morgan fingerprint density at radius 2 is 1.80 bits per heavy atom. The van der Waals surface area contributed by atoms with Crippen LogP contribution in [0.25, 0.3) is 11.0 Å². The summed E-state index contributed by atoms with van der Waals surface area (Å²) in [7, 11) is 1.86. The molecule has 3 rings (SSSR count). The van der Waals surface area contributed by atoms with E-state index in [2.05, 4.69) is 9.97 Å². The molecule has 1 aromatic heterocycles. The van der Waals surface area contributed by atoms with Crippen LogP contribution in [0.4, 0.5) is 5.69 Å². The van der Waals surface area contributed by atoms with E-state index in [1.807, 2.05) is 25.2 Å². The molecule has 4 nitrogen and oxygen atoms in total. The zero-order chi connectivity index (χ0) is 13.9. The number of fused-ring (bicyclic) bond motifs is 1. The van der Waals surface area contributed by atoms with Crippen molar-refractivity contribution < 1.29 is 4.79 Å².